The molecule has 0 spiro atoms. The summed E-state index contributed by atoms with van der Waals surface area (Å²) in [5, 5.41) is 4.23. The van der Waals surface area contributed by atoms with E-state index in [1.807, 2.05) is 40.0 Å². The second-order valence-corrected chi connectivity index (χ2v) is 9.99. The van der Waals surface area contributed by atoms with Crippen LogP contribution in [-0.2, 0) is 16.4 Å². The van der Waals surface area contributed by atoms with Gasteiger partial charge in [0.15, 0.2) is 0 Å². The smallest absolute Gasteiger partial charge is 0.253 e. The fourth-order valence-electron chi connectivity index (χ4n) is 3.02. The highest BCUT2D eigenvalue weighted by molar-refractivity contribution is 9.10. The van der Waals surface area contributed by atoms with E-state index in [1.54, 1.807) is 6.20 Å². The maximum Gasteiger partial charge on any atom is 0.253 e. The lowest BCUT2D eigenvalue weighted by atomic mass is 10.1. The summed E-state index contributed by atoms with van der Waals surface area (Å²) in [5.74, 6) is 0.182. The van der Waals surface area contributed by atoms with Gasteiger partial charge < -0.3 is 4.90 Å². The molecule has 1 aromatic heterocycles. The Hall–Kier alpha value is -1.71. The fourth-order valence-corrected chi connectivity index (χ4v) is 3.93. The van der Waals surface area contributed by atoms with Crippen molar-refractivity contribution in [2.45, 2.75) is 6.54 Å². The van der Waals surface area contributed by atoms with Crippen LogP contribution >= 0.6 is 15.9 Å². The van der Waals surface area contributed by atoms with Gasteiger partial charge in [0.25, 0.3) is 5.91 Å². The molecule has 0 saturated carbocycles. The van der Waals surface area contributed by atoms with Crippen molar-refractivity contribution in [3.8, 4) is 0 Å². The molecule has 0 unspecified atom stereocenters. The lowest BCUT2D eigenvalue weighted by Crippen LogP contribution is -2.49. The van der Waals surface area contributed by atoms with Crippen LogP contribution in [0.3, 0.4) is 0 Å². The molecule has 0 N–H and O–H groups in total. The summed E-state index contributed by atoms with van der Waals surface area (Å²) in [5.41, 5.74) is 1.75. The highest BCUT2D eigenvalue weighted by Crippen LogP contribution is 2.13. The topological polar surface area (TPSA) is 75.5 Å². The van der Waals surface area contributed by atoms with Crippen LogP contribution in [-0.4, -0.2) is 78.6 Å². The number of halogens is 1. The van der Waals surface area contributed by atoms with Crippen molar-refractivity contribution in [3.05, 3.63) is 52.3 Å². The van der Waals surface area contributed by atoms with E-state index < -0.39 is 9.84 Å². The van der Waals surface area contributed by atoms with Gasteiger partial charge in [-0.3, -0.25) is 14.4 Å². The number of benzene rings is 1. The van der Waals surface area contributed by atoms with E-state index in [-0.39, 0.29) is 11.7 Å². The summed E-state index contributed by atoms with van der Waals surface area (Å²) in [7, 11) is -2.95. The van der Waals surface area contributed by atoms with Crippen LogP contribution in [0.1, 0.15) is 15.9 Å². The quantitative estimate of drug-likeness (QED) is 0.660. The number of hydrogen-bond donors (Lipinski definition) is 0. The van der Waals surface area contributed by atoms with Gasteiger partial charge >= 0.3 is 0 Å². The van der Waals surface area contributed by atoms with E-state index in [9.17, 15) is 13.2 Å². The predicted molar refractivity (Wildman–Crippen MR) is 108 cm³/mol. The van der Waals surface area contributed by atoms with Crippen molar-refractivity contribution in [2.24, 2.45) is 0 Å². The van der Waals surface area contributed by atoms with Crippen molar-refractivity contribution in [1.29, 1.82) is 0 Å². The SMILES string of the molecule is CS(=O)(=O)CCN1CCN(C(=O)c2ccc(Cn3cc(Br)cn3)cc2)CC1. The molecule has 0 aliphatic carbocycles. The Bertz CT molecular complexity index is 888. The number of hydrogen-bond acceptors (Lipinski definition) is 5. The summed E-state index contributed by atoms with van der Waals surface area (Å²) in [6.07, 6.45) is 4.90. The third kappa shape index (κ3) is 5.88. The van der Waals surface area contributed by atoms with Crippen molar-refractivity contribution < 1.29 is 13.2 Å². The summed E-state index contributed by atoms with van der Waals surface area (Å²) < 4.78 is 25.3. The maximum absolute atomic E-state index is 12.7. The normalized spacial score (nSPS) is 15.9. The van der Waals surface area contributed by atoms with Gasteiger partial charge in [-0.1, -0.05) is 12.1 Å². The molecule has 27 heavy (non-hydrogen) atoms. The van der Waals surface area contributed by atoms with E-state index in [2.05, 4.69) is 25.9 Å². The molecule has 146 valence electrons. The third-order valence-electron chi connectivity index (χ3n) is 4.59. The number of nitrogens with zero attached hydrogens (tertiary/aromatic N) is 4. The molecule has 2 aromatic rings. The van der Waals surface area contributed by atoms with Gasteiger partial charge in [0.05, 0.1) is 23.0 Å². The molecule has 9 heteroatoms. The lowest BCUT2D eigenvalue weighted by molar-refractivity contribution is 0.0644. The van der Waals surface area contributed by atoms with Gasteiger partial charge in [-0.05, 0) is 33.6 Å². The monoisotopic (exact) mass is 454 g/mol. The maximum atomic E-state index is 12.7. The molecule has 1 amide bonds. The second-order valence-electron chi connectivity index (χ2n) is 6.82. The Kier molecular flexibility index (Phi) is 6.33. The van der Waals surface area contributed by atoms with Gasteiger partial charge in [-0.25, -0.2) is 8.42 Å². The molecule has 3 rings (SSSR count). The molecule has 1 aliphatic rings. The van der Waals surface area contributed by atoms with E-state index in [1.165, 1.54) is 6.26 Å². The van der Waals surface area contributed by atoms with Crippen molar-refractivity contribution in [3.63, 3.8) is 0 Å². The molecular formula is C18H23BrN4O3S. The Morgan fingerprint density at radius 2 is 1.81 bits per heavy atom. The molecule has 1 aromatic carbocycles. The molecule has 0 radical (unpaired) electrons. The van der Waals surface area contributed by atoms with E-state index in [4.69, 9.17) is 0 Å². The zero-order valence-corrected chi connectivity index (χ0v) is 17.6. The van der Waals surface area contributed by atoms with Crippen LogP contribution < -0.4 is 0 Å². The van der Waals surface area contributed by atoms with Crippen LogP contribution in [0.4, 0.5) is 0 Å². The van der Waals surface area contributed by atoms with Gasteiger partial charge in [0.2, 0.25) is 0 Å². The molecule has 0 atom stereocenters. The Morgan fingerprint density at radius 3 is 2.37 bits per heavy atom. The predicted octanol–water partition coefficient (Wildman–Crippen LogP) is 1.50. The van der Waals surface area contributed by atoms with Crippen molar-refractivity contribution in [2.75, 3.05) is 44.7 Å². The van der Waals surface area contributed by atoms with E-state index >= 15 is 0 Å². The van der Waals surface area contributed by atoms with Crippen LogP contribution in [0, 0.1) is 0 Å². The number of carbonyl (C=O) groups is 1. The molecular weight excluding hydrogens is 432 g/mol. The average molecular weight is 455 g/mol. The zero-order valence-electron chi connectivity index (χ0n) is 15.2. The van der Waals surface area contributed by atoms with Crippen molar-refractivity contribution >= 4 is 31.7 Å². The molecule has 1 aliphatic heterocycles. The molecule has 7 nitrogen and oxygen atoms in total. The average Bonchev–Trinajstić information content (AvgIpc) is 3.05. The molecule has 1 fully saturated rings. The molecule has 0 bridgehead atoms. The first-order valence-corrected chi connectivity index (χ1v) is 11.6. The van der Waals surface area contributed by atoms with E-state index in [0.717, 1.165) is 10.0 Å². The number of aromatic nitrogens is 2. The van der Waals surface area contributed by atoms with Crippen LogP contribution in [0.15, 0.2) is 41.1 Å². The number of amides is 1. The van der Waals surface area contributed by atoms with Crippen LogP contribution in [0.5, 0.6) is 0 Å². The molecule has 2 heterocycles. The minimum Gasteiger partial charge on any atom is -0.336 e. The Morgan fingerprint density at radius 1 is 1.15 bits per heavy atom. The summed E-state index contributed by atoms with van der Waals surface area (Å²) in [4.78, 5) is 16.6. The standard InChI is InChI=1S/C18H23BrN4O3S/c1-27(25,26)11-10-21-6-8-22(9-7-21)18(24)16-4-2-15(3-5-16)13-23-14-17(19)12-20-23/h2-5,12,14H,6-11,13H2,1H3. The van der Waals surface area contributed by atoms with Gasteiger partial charge in [0, 0.05) is 50.7 Å². The van der Waals surface area contributed by atoms with Crippen LogP contribution in [0.2, 0.25) is 0 Å². The summed E-state index contributed by atoms with van der Waals surface area (Å²) in [6, 6.07) is 7.61. The number of carbonyl (C=O) groups excluding carboxylic acids is 1. The van der Waals surface area contributed by atoms with Crippen molar-refractivity contribution in [1.82, 2.24) is 19.6 Å². The second kappa shape index (κ2) is 8.53. The first-order valence-electron chi connectivity index (χ1n) is 8.76. The van der Waals surface area contributed by atoms with Gasteiger partial charge in [-0.15, -0.1) is 0 Å². The number of sulfone groups is 1. The highest BCUT2D eigenvalue weighted by atomic mass is 79.9. The fraction of sp³-hybridized carbons (Fsp3) is 0.444. The third-order valence-corrected chi connectivity index (χ3v) is 5.92. The summed E-state index contributed by atoms with van der Waals surface area (Å²) >= 11 is 3.38. The molecule has 1 saturated heterocycles. The zero-order chi connectivity index (χ0) is 19.4. The first-order chi connectivity index (χ1) is 12.8. The largest absolute Gasteiger partial charge is 0.336 e. The minimum absolute atomic E-state index is 0.0196. The van der Waals surface area contributed by atoms with Gasteiger partial charge in [0.1, 0.15) is 9.84 Å². The Labute approximate surface area is 168 Å². The number of rotatable bonds is 6. The van der Waals surface area contributed by atoms with E-state index in [0.29, 0.717) is 44.8 Å². The van der Waals surface area contributed by atoms with Gasteiger partial charge in [-0.2, -0.15) is 5.10 Å². The Balaban J connectivity index is 1.52. The summed E-state index contributed by atoms with van der Waals surface area (Å²) in [6.45, 7) is 3.82. The van der Waals surface area contributed by atoms with Crippen LogP contribution in [0.25, 0.3) is 0 Å². The lowest BCUT2D eigenvalue weighted by Gasteiger charge is -2.34. The highest BCUT2D eigenvalue weighted by Gasteiger charge is 2.22. The number of piperazine rings is 1. The first kappa shape index (κ1) is 20.0. The minimum atomic E-state index is -2.95.